The summed E-state index contributed by atoms with van der Waals surface area (Å²) in [5.74, 6) is 0.541. The van der Waals surface area contributed by atoms with E-state index in [1.165, 1.54) is 24.4 Å². The number of fused-ring (bicyclic) bond motifs is 1. The molecule has 1 aromatic rings. The number of hydrogen-bond donors (Lipinski definition) is 1. The molecule has 0 bridgehead atoms. The summed E-state index contributed by atoms with van der Waals surface area (Å²) in [6, 6.07) is -1.35. The fraction of sp³-hybridized carbons (Fsp3) is 0.762. The number of aromatic nitrogens is 2. The zero-order chi connectivity index (χ0) is 23.1. The third kappa shape index (κ3) is 4.68. The summed E-state index contributed by atoms with van der Waals surface area (Å²) in [6.45, 7) is 0.801. The Morgan fingerprint density at radius 1 is 1.31 bits per heavy atom. The van der Waals surface area contributed by atoms with Crippen LogP contribution in [0.3, 0.4) is 0 Å². The molecule has 2 saturated carbocycles. The van der Waals surface area contributed by atoms with Crippen molar-refractivity contribution in [2.75, 3.05) is 20.3 Å². The number of nitrogens with zero attached hydrogens (tertiary/aromatic N) is 3. The van der Waals surface area contributed by atoms with Crippen LogP contribution in [0.15, 0.2) is 12.4 Å². The Morgan fingerprint density at radius 2 is 2.03 bits per heavy atom. The standard InChI is InChI=1S/C21H28F4N4O3/c1-12-5-16(28-11-21(23,24)25)17(29(12)19(30)31-2)10-32-15-3-4-20(7-13(20)6-15)18-26-8-14(22)9-27-18/h8-9,12-13,15-17,28H,3-7,10-11H2,1-2H3/t12-,13+,15-,16+,17+,20+/m1/s1. The number of carbonyl (C=O) groups is 1. The van der Waals surface area contributed by atoms with Gasteiger partial charge in [0.05, 0.1) is 44.8 Å². The highest BCUT2D eigenvalue weighted by Gasteiger charge is 2.60. The zero-order valence-corrected chi connectivity index (χ0v) is 18.1. The van der Waals surface area contributed by atoms with Crippen LogP contribution in [0.1, 0.15) is 44.9 Å². The minimum atomic E-state index is -4.34. The van der Waals surface area contributed by atoms with Crippen LogP contribution in [0, 0.1) is 11.7 Å². The predicted molar refractivity (Wildman–Crippen MR) is 105 cm³/mol. The average Bonchev–Trinajstić information content (AvgIpc) is 3.39. The molecule has 1 saturated heterocycles. The summed E-state index contributed by atoms with van der Waals surface area (Å²) in [5.41, 5.74) is -0.121. The van der Waals surface area contributed by atoms with Crippen LogP contribution in [0.25, 0.3) is 0 Å². The molecule has 11 heteroatoms. The fourth-order valence-electron chi connectivity index (χ4n) is 5.43. The van der Waals surface area contributed by atoms with Gasteiger partial charge in [-0.15, -0.1) is 0 Å². The monoisotopic (exact) mass is 460 g/mol. The van der Waals surface area contributed by atoms with Crippen molar-refractivity contribution in [3.8, 4) is 0 Å². The van der Waals surface area contributed by atoms with Gasteiger partial charge in [-0.05, 0) is 44.9 Å². The Bertz CT molecular complexity index is 824. The smallest absolute Gasteiger partial charge is 0.410 e. The van der Waals surface area contributed by atoms with Crippen molar-refractivity contribution in [1.82, 2.24) is 20.2 Å². The molecule has 0 radical (unpaired) electrons. The Labute approximate surface area is 183 Å². The summed E-state index contributed by atoms with van der Waals surface area (Å²) in [7, 11) is 1.26. The Hall–Kier alpha value is -2.01. The molecule has 3 fully saturated rings. The van der Waals surface area contributed by atoms with Crippen LogP contribution in [-0.2, 0) is 14.9 Å². The van der Waals surface area contributed by atoms with Gasteiger partial charge >= 0.3 is 12.3 Å². The van der Waals surface area contributed by atoms with Crippen molar-refractivity contribution < 1.29 is 31.8 Å². The van der Waals surface area contributed by atoms with Gasteiger partial charge in [0.25, 0.3) is 0 Å². The van der Waals surface area contributed by atoms with E-state index in [2.05, 4.69) is 15.3 Å². The first-order valence-corrected chi connectivity index (χ1v) is 10.9. The fourth-order valence-corrected chi connectivity index (χ4v) is 5.43. The molecule has 1 N–H and O–H groups in total. The first-order chi connectivity index (χ1) is 15.1. The van der Waals surface area contributed by atoms with Gasteiger partial charge in [-0.1, -0.05) is 0 Å². The van der Waals surface area contributed by atoms with Crippen LogP contribution in [0.2, 0.25) is 0 Å². The number of halogens is 4. The lowest BCUT2D eigenvalue weighted by molar-refractivity contribution is -0.127. The number of likely N-dealkylation sites (tertiary alicyclic amines) is 1. The highest BCUT2D eigenvalue weighted by atomic mass is 19.4. The van der Waals surface area contributed by atoms with E-state index in [-0.39, 0.29) is 24.2 Å². The maximum atomic E-state index is 13.1. The van der Waals surface area contributed by atoms with E-state index in [1.54, 1.807) is 6.92 Å². The van der Waals surface area contributed by atoms with Crippen molar-refractivity contribution in [3.63, 3.8) is 0 Å². The lowest BCUT2D eigenvalue weighted by Crippen LogP contribution is -2.50. The minimum absolute atomic E-state index is 0.0604. The number of carbonyl (C=O) groups excluding carboxylic acids is 1. The molecule has 1 aliphatic heterocycles. The van der Waals surface area contributed by atoms with E-state index >= 15 is 0 Å². The molecule has 32 heavy (non-hydrogen) atoms. The topological polar surface area (TPSA) is 76.6 Å². The second-order valence-electron chi connectivity index (χ2n) is 9.14. The summed E-state index contributed by atoms with van der Waals surface area (Å²) in [6.07, 6.45) is 1.05. The first-order valence-electron chi connectivity index (χ1n) is 10.9. The molecule has 3 aliphatic rings. The third-order valence-corrected chi connectivity index (χ3v) is 7.10. The number of methoxy groups -OCH3 is 1. The molecule has 2 heterocycles. The van der Waals surface area contributed by atoms with Crippen LogP contribution in [-0.4, -0.2) is 71.6 Å². The lowest BCUT2D eigenvalue weighted by atomic mass is 9.86. The average molecular weight is 460 g/mol. The number of hydrogen-bond acceptors (Lipinski definition) is 6. The summed E-state index contributed by atoms with van der Waals surface area (Å²) < 4.78 is 62.4. The molecule has 6 atom stereocenters. The van der Waals surface area contributed by atoms with E-state index in [4.69, 9.17) is 9.47 Å². The Balaban J connectivity index is 1.36. The van der Waals surface area contributed by atoms with Crippen LogP contribution < -0.4 is 5.32 Å². The van der Waals surface area contributed by atoms with Crippen molar-refractivity contribution in [2.45, 2.75) is 74.8 Å². The zero-order valence-electron chi connectivity index (χ0n) is 18.1. The van der Waals surface area contributed by atoms with E-state index in [0.29, 0.717) is 18.2 Å². The van der Waals surface area contributed by atoms with Crippen molar-refractivity contribution in [3.05, 3.63) is 24.0 Å². The third-order valence-electron chi connectivity index (χ3n) is 7.10. The van der Waals surface area contributed by atoms with Gasteiger partial charge in [0.2, 0.25) is 0 Å². The van der Waals surface area contributed by atoms with E-state index < -0.39 is 36.7 Å². The number of amides is 1. The van der Waals surface area contributed by atoms with Gasteiger partial charge in [0.1, 0.15) is 5.82 Å². The molecule has 0 unspecified atom stereocenters. The van der Waals surface area contributed by atoms with Crippen molar-refractivity contribution in [1.29, 1.82) is 0 Å². The van der Waals surface area contributed by atoms with Gasteiger partial charge in [0.15, 0.2) is 5.82 Å². The molecule has 178 valence electrons. The van der Waals surface area contributed by atoms with Gasteiger partial charge in [0, 0.05) is 17.5 Å². The second-order valence-corrected chi connectivity index (χ2v) is 9.14. The molecule has 2 aliphatic carbocycles. The van der Waals surface area contributed by atoms with Crippen LogP contribution in [0.5, 0.6) is 0 Å². The normalized spacial score (nSPS) is 34.3. The SMILES string of the molecule is COC(=O)N1[C@H](C)C[C@H](NCC(F)(F)F)[C@@H]1CO[C@@H]1CC[C@]2(c3ncc(F)cn3)C[C@@H]2C1. The molecule has 1 amide bonds. The number of alkyl halides is 3. The quantitative estimate of drug-likeness (QED) is 0.658. The molecule has 1 aromatic heterocycles. The highest BCUT2D eigenvalue weighted by Crippen LogP contribution is 2.61. The largest absolute Gasteiger partial charge is 0.453 e. The van der Waals surface area contributed by atoms with E-state index in [1.807, 2.05) is 0 Å². The minimum Gasteiger partial charge on any atom is -0.453 e. The number of nitrogens with one attached hydrogen (secondary N) is 1. The van der Waals surface area contributed by atoms with Crippen LogP contribution >= 0.6 is 0 Å². The van der Waals surface area contributed by atoms with Gasteiger partial charge in [-0.25, -0.2) is 19.2 Å². The van der Waals surface area contributed by atoms with Gasteiger partial charge < -0.3 is 14.8 Å². The molecular weight excluding hydrogens is 432 g/mol. The molecular formula is C21H28F4N4O3. The predicted octanol–water partition coefficient (Wildman–Crippen LogP) is 3.19. The summed E-state index contributed by atoms with van der Waals surface area (Å²) >= 11 is 0. The summed E-state index contributed by atoms with van der Waals surface area (Å²) in [4.78, 5) is 22.1. The number of ether oxygens (including phenoxy) is 2. The number of rotatable bonds is 6. The molecule has 4 rings (SSSR count). The van der Waals surface area contributed by atoms with Gasteiger partial charge in [-0.2, -0.15) is 13.2 Å². The van der Waals surface area contributed by atoms with Crippen LogP contribution in [0.4, 0.5) is 22.4 Å². The van der Waals surface area contributed by atoms with E-state index in [9.17, 15) is 22.4 Å². The lowest BCUT2D eigenvalue weighted by Gasteiger charge is -2.33. The maximum Gasteiger partial charge on any atom is 0.410 e. The van der Waals surface area contributed by atoms with Crippen molar-refractivity contribution in [2.24, 2.45) is 5.92 Å². The summed E-state index contributed by atoms with van der Waals surface area (Å²) in [5, 5.41) is 2.55. The first kappa shape index (κ1) is 23.2. The Kier molecular flexibility index (Phi) is 6.32. The molecule has 0 aromatic carbocycles. The highest BCUT2D eigenvalue weighted by molar-refractivity contribution is 5.69. The van der Waals surface area contributed by atoms with Gasteiger partial charge in [-0.3, -0.25) is 4.90 Å². The maximum absolute atomic E-state index is 13.1. The van der Waals surface area contributed by atoms with E-state index in [0.717, 1.165) is 25.7 Å². The second kappa shape index (κ2) is 8.74. The molecule has 7 nitrogen and oxygen atoms in total. The molecule has 0 spiro atoms. The van der Waals surface area contributed by atoms with Crippen molar-refractivity contribution >= 4 is 6.09 Å². The Morgan fingerprint density at radius 3 is 2.66 bits per heavy atom.